The molecular weight excluding hydrogens is 294 g/mol. The van der Waals surface area contributed by atoms with Gasteiger partial charge in [-0.1, -0.05) is 51.1 Å². The molecule has 1 aromatic carbocycles. The Kier molecular flexibility index (Phi) is 6.78. The summed E-state index contributed by atoms with van der Waals surface area (Å²) in [6, 6.07) is 9.77. The van der Waals surface area contributed by atoms with Gasteiger partial charge in [-0.2, -0.15) is 0 Å². The van der Waals surface area contributed by atoms with Crippen LogP contribution in [0.4, 0.5) is 0 Å². The molecule has 2 N–H and O–H groups in total. The Morgan fingerprint density at radius 3 is 2.36 bits per heavy atom. The molecule has 4 nitrogen and oxygen atoms in total. The predicted molar refractivity (Wildman–Crippen MR) is 92.1 cm³/mol. The highest BCUT2D eigenvalue weighted by Crippen LogP contribution is 2.37. The normalized spacial score (nSPS) is 13.7. The fourth-order valence-corrected chi connectivity index (χ4v) is 3.16. The zero-order valence-electron chi connectivity index (χ0n) is 14.3. The van der Waals surface area contributed by atoms with Crippen LogP contribution in [0.1, 0.15) is 32.8 Å². The van der Waals surface area contributed by atoms with Crippen molar-refractivity contribution >= 4 is 14.2 Å². The molecule has 0 saturated heterocycles. The zero-order chi connectivity index (χ0) is 16.8. The summed E-state index contributed by atoms with van der Waals surface area (Å²) in [5, 5.41) is 12.4. The number of benzene rings is 1. The molecule has 0 bridgehead atoms. The van der Waals surface area contributed by atoms with Crippen LogP contribution in [0.25, 0.3) is 0 Å². The molecule has 1 atom stereocenters. The summed E-state index contributed by atoms with van der Waals surface area (Å²) in [6.07, 6.45) is -0.243. The number of nitrogens with one attached hydrogen (secondary N) is 1. The summed E-state index contributed by atoms with van der Waals surface area (Å²) in [5.41, 5.74) is 1.06. The van der Waals surface area contributed by atoms with E-state index in [1.165, 1.54) is 0 Å². The molecule has 1 amide bonds. The molecule has 22 heavy (non-hydrogen) atoms. The number of rotatable bonds is 7. The Bertz CT molecular complexity index is 469. The molecule has 0 saturated carbocycles. The highest BCUT2D eigenvalue weighted by molar-refractivity contribution is 6.74. The fourth-order valence-electron chi connectivity index (χ4n) is 1.81. The molecule has 0 aliphatic rings. The minimum absolute atomic E-state index is 0.0565. The number of carbonyl (C=O) groups excluding carboxylic acids is 1. The van der Waals surface area contributed by atoms with E-state index < -0.39 is 14.4 Å². The molecular formula is C17H29NO3Si. The van der Waals surface area contributed by atoms with Gasteiger partial charge in [-0.25, -0.2) is 0 Å². The molecule has 124 valence electrons. The first-order valence-corrected chi connectivity index (χ1v) is 10.7. The van der Waals surface area contributed by atoms with E-state index in [4.69, 9.17) is 4.43 Å². The van der Waals surface area contributed by atoms with Crippen molar-refractivity contribution in [2.75, 3.05) is 6.61 Å². The minimum atomic E-state index is -1.98. The van der Waals surface area contributed by atoms with Crippen molar-refractivity contribution < 1.29 is 14.3 Å². The van der Waals surface area contributed by atoms with Gasteiger partial charge >= 0.3 is 0 Å². The third-order valence-electron chi connectivity index (χ3n) is 4.22. The summed E-state index contributed by atoms with van der Waals surface area (Å²) in [5.74, 6) is -0.0957. The average molecular weight is 324 g/mol. The molecule has 0 aliphatic carbocycles. The van der Waals surface area contributed by atoms with Crippen LogP contribution in [0.15, 0.2) is 30.3 Å². The molecule has 1 aromatic rings. The van der Waals surface area contributed by atoms with Crippen molar-refractivity contribution in [1.82, 2.24) is 5.32 Å². The van der Waals surface area contributed by atoms with Gasteiger partial charge in [-0.3, -0.25) is 4.79 Å². The van der Waals surface area contributed by atoms with Gasteiger partial charge in [-0.15, -0.1) is 0 Å². The first-order valence-electron chi connectivity index (χ1n) is 7.75. The first kappa shape index (κ1) is 18.9. The Morgan fingerprint density at radius 1 is 1.27 bits per heavy atom. The van der Waals surface area contributed by atoms with Gasteiger partial charge in [0.1, 0.15) is 0 Å². The lowest BCUT2D eigenvalue weighted by Crippen LogP contribution is -2.46. The Balaban J connectivity index is 2.50. The van der Waals surface area contributed by atoms with Crippen molar-refractivity contribution in [2.24, 2.45) is 0 Å². The van der Waals surface area contributed by atoms with E-state index in [1.54, 1.807) is 0 Å². The maximum absolute atomic E-state index is 12.0. The molecule has 0 spiro atoms. The second-order valence-electron chi connectivity index (χ2n) is 7.15. The van der Waals surface area contributed by atoms with Gasteiger partial charge in [0.05, 0.1) is 19.1 Å². The predicted octanol–water partition coefficient (Wildman–Crippen LogP) is 3.08. The third-order valence-corrected chi connectivity index (χ3v) is 8.75. The largest absolute Gasteiger partial charge is 0.411 e. The van der Waals surface area contributed by atoms with Crippen LogP contribution in [0.3, 0.4) is 0 Å². The van der Waals surface area contributed by atoms with Crippen molar-refractivity contribution in [2.45, 2.75) is 58.0 Å². The molecule has 0 fully saturated rings. The SMILES string of the molecule is CC(C)(C)[Si](C)(C)O[C@H](CO)CC(=O)NCc1ccccc1. The summed E-state index contributed by atoms with van der Waals surface area (Å²) in [7, 11) is -1.98. The van der Waals surface area contributed by atoms with Crippen molar-refractivity contribution in [3.63, 3.8) is 0 Å². The number of aliphatic hydroxyl groups is 1. The molecule has 0 aliphatic heterocycles. The zero-order valence-corrected chi connectivity index (χ0v) is 15.3. The fraction of sp³-hybridized carbons (Fsp3) is 0.588. The van der Waals surface area contributed by atoms with E-state index in [0.29, 0.717) is 6.54 Å². The maximum atomic E-state index is 12.0. The topological polar surface area (TPSA) is 58.6 Å². The van der Waals surface area contributed by atoms with Crippen molar-refractivity contribution in [3.05, 3.63) is 35.9 Å². The third kappa shape index (κ3) is 5.91. The molecule has 0 heterocycles. The summed E-state index contributed by atoms with van der Waals surface area (Å²) in [4.78, 5) is 12.0. The van der Waals surface area contributed by atoms with Gasteiger partial charge in [0.15, 0.2) is 8.32 Å². The molecule has 0 radical (unpaired) electrons. The van der Waals surface area contributed by atoms with Crippen LogP contribution < -0.4 is 5.32 Å². The van der Waals surface area contributed by atoms with Crippen LogP contribution in [-0.4, -0.2) is 32.0 Å². The van der Waals surface area contributed by atoms with Gasteiger partial charge in [-0.05, 0) is 23.7 Å². The van der Waals surface area contributed by atoms with E-state index in [9.17, 15) is 9.90 Å². The summed E-state index contributed by atoms with van der Waals surface area (Å²) < 4.78 is 6.10. The van der Waals surface area contributed by atoms with Crippen molar-refractivity contribution in [1.29, 1.82) is 0 Å². The Morgan fingerprint density at radius 2 is 1.86 bits per heavy atom. The Labute approximate surface area is 135 Å². The smallest absolute Gasteiger partial charge is 0.222 e. The van der Waals surface area contributed by atoms with Crippen LogP contribution in [0.5, 0.6) is 0 Å². The van der Waals surface area contributed by atoms with Gasteiger partial charge in [0.25, 0.3) is 0 Å². The minimum Gasteiger partial charge on any atom is -0.411 e. The van der Waals surface area contributed by atoms with Crippen molar-refractivity contribution in [3.8, 4) is 0 Å². The second-order valence-corrected chi connectivity index (χ2v) is 11.9. The quantitative estimate of drug-likeness (QED) is 0.758. The molecule has 0 aromatic heterocycles. The number of aliphatic hydroxyl groups excluding tert-OH is 1. The molecule has 5 heteroatoms. The molecule has 0 unspecified atom stereocenters. The van der Waals surface area contributed by atoms with Gasteiger partial charge < -0.3 is 14.8 Å². The van der Waals surface area contributed by atoms with Gasteiger partial charge in [0.2, 0.25) is 5.91 Å². The van der Waals surface area contributed by atoms with Crippen LogP contribution in [0, 0.1) is 0 Å². The highest BCUT2D eigenvalue weighted by Gasteiger charge is 2.39. The van der Waals surface area contributed by atoms with Crippen LogP contribution >= 0.6 is 0 Å². The average Bonchev–Trinajstić information content (AvgIpc) is 2.44. The summed E-state index contributed by atoms with van der Waals surface area (Å²) in [6.45, 7) is 11.0. The van der Waals surface area contributed by atoms with E-state index in [1.807, 2.05) is 30.3 Å². The van der Waals surface area contributed by atoms with Gasteiger partial charge in [0, 0.05) is 6.54 Å². The van der Waals surface area contributed by atoms with E-state index >= 15 is 0 Å². The number of hydrogen-bond acceptors (Lipinski definition) is 3. The number of carbonyl (C=O) groups is 1. The highest BCUT2D eigenvalue weighted by atomic mass is 28.4. The Hall–Kier alpha value is -1.17. The first-order chi connectivity index (χ1) is 10.2. The van der Waals surface area contributed by atoms with Crippen LogP contribution in [0.2, 0.25) is 18.1 Å². The second kappa shape index (κ2) is 7.90. The summed E-state index contributed by atoms with van der Waals surface area (Å²) >= 11 is 0. The molecule has 1 rings (SSSR count). The maximum Gasteiger partial charge on any atom is 0.222 e. The number of amides is 1. The monoisotopic (exact) mass is 323 g/mol. The number of hydrogen-bond donors (Lipinski definition) is 2. The van der Waals surface area contributed by atoms with E-state index in [0.717, 1.165) is 5.56 Å². The standard InChI is InChI=1S/C17H29NO3Si/c1-17(2,3)22(4,5)21-15(13-19)11-16(20)18-12-14-9-7-6-8-10-14/h6-10,15,19H,11-13H2,1-5H3,(H,18,20)/t15-/m0/s1. The van der Waals surface area contributed by atoms with E-state index in [-0.39, 0.29) is 24.0 Å². The lowest BCUT2D eigenvalue weighted by Gasteiger charge is -2.38. The lowest BCUT2D eigenvalue weighted by atomic mass is 10.2. The van der Waals surface area contributed by atoms with E-state index in [2.05, 4.69) is 39.2 Å². The van der Waals surface area contributed by atoms with Crippen LogP contribution in [-0.2, 0) is 15.8 Å². The lowest BCUT2D eigenvalue weighted by molar-refractivity contribution is -0.123.